The van der Waals surface area contributed by atoms with Crippen LogP contribution in [0.4, 0.5) is 10.1 Å². The van der Waals surface area contributed by atoms with E-state index in [1.807, 2.05) is 60.1 Å². The lowest BCUT2D eigenvalue weighted by molar-refractivity contribution is -0.136. The molecule has 0 atom stereocenters. The number of benzene rings is 2. The van der Waals surface area contributed by atoms with Crippen LogP contribution in [0.1, 0.15) is 12.0 Å². The van der Waals surface area contributed by atoms with Gasteiger partial charge in [0.05, 0.1) is 17.4 Å². The summed E-state index contributed by atoms with van der Waals surface area (Å²) in [6.07, 6.45) is 4.15. The number of likely N-dealkylation sites (tertiary alicyclic amines) is 1. The Morgan fingerprint density at radius 2 is 2.03 bits per heavy atom. The van der Waals surface area contributed by atoms with Crippen molar-refractivity contribution < 1.29 is 9.18 Å². The quantitative estimate of drug-likeness (QED) is 0.622. The third-order valence-corrected chi connectivity index (χ3v) is 6.68. The molecular formula is C24H25FN4O. The van der Waals surface area contributed by atoms with E-state index >= 15 is 4.39 Å². The zero-order valence-electron chi connectivity index (χ0n) is 17.4. The van der Waals surface area contributed by atoms with Crippen molar-refractivity contribution in [3.63, 3.8) is 0 Å². The molecule has 2 aliphatic heterocycles. The summed E-state index contributed by atoms with van der Waals surface area (Å²) < 4.78 is 17.7. The number of nitrogens with zero attached hydrogens (tertiary/aromatic N) is 4. The summed E-state index contributed by atoms with van der Waals surface area (Å²) in [4.78, 5) is 15.8. The molecule has 0 saturated carbocycles. The van der Waals surface area contributed by atoms with Gasteiger partial charge in [0.15, 0.2) is 5.82 Å². The molecule has 2 fully saturated rings. The standard InChI is InChI=1S/C24H25FN4O/c1-4-20(30)29-14-24(15-29)10-11-28(13-24)19-7-5-6-18(22(19)25)21-16(2)8-9-17-12-26-27(3)23(17)21/h4-9,12H,1,10-11,13-15H2,2-3H3. The number of aryl methyl sites for hydroxylation is 2. The van der Waals surface area contributed by atoms with Crippen molar-refractivity contribution in [1.29, 1.82) is 0 Å². The van der Waals surface area contributed by atoms with E-state index in [1.54, 1.807) is 0 Å². The number of carbonyl (C=O) groups is 1. The summed E-state index contributed by atoms with van der Waals surface area (Å²) in [5, 5.41) is 5.37. The fraction of sp³-hybridized carbons (Fsp3) is 0.333. The maximum atomic E-state index is 15.8. The molecule has 1 aromatic heterocycles. The fourth-order valence-electron chi connectivity index (χ4n) is 5.11. The topological polar surface area (TPSA) is 41.4 Å². The molecule has 1 spiro atoms. The van der Waals surface area contributed by atoms with E-state index in [-0.39, 0.29) is 17.1 Å². The van der Waals surface area contributed by atoms with E-state index in [0.29, 0.717) is 11.3 Å². The molecule has 2 aliphatic rings. The van der Waals surface area contributed by atoms with Gasteiger partial charge < -0.3 is 9.80 Å². The van der Waals surface area contributed by atoms with Crippen LogP contribution in [0.5, 0.6) is 0 Å². The molecule has 0 N–H and O–H groups in total. The fourth-order valence-corrected chi connectivity index (χ4v) is 5.11. The second-order valence-electron chi connectivity index (χ2n) is 8.67. The Morgan fingerprint density at radius 3 is 2.80 bits per heavy atom. The number of amides is 1. The van der Waals surface area contributed by atoms with Crippen LogP contribution in [-0.4, -0.2) is 46.8 Å². The molecule has 3 aromatic rings. The first kappa shape index (κ1) is 18.9. The van der Waals surface area contributed by atoms with Gasteiger partial charge in [-0.15, -0.1) is 0 Å². The van der Waals surface area contributed by atoms with Crippen LogP contribution >= 0.6 is 0 Å². The minimum atomic E-state index is -0.190. The normalized spacial score (nSPS) is 17.6. The molecule has 2 saturated heterocycles. The van der Waals surface area contributed by atoms with E-state index < -0.39 is 0 Å². The lowest BCUT2D eigenvalue weighted by Gasteiger charge is -2.47. The van der Waals surface area contributed by atoms with E-state index in [0.717, 1.165) is 54.6 Å². The van der Waals surface area contributed by atoms with Crippen LogP contribution < -0.4 is 4.90 Å². The molecular weight excluding hydrogens is 379 g/mol. The van der Waals surface area contributed by atoms with Crippen LogP contribution in [-0.2, 0) is 11.8 Å². The smallest absolute Gasteiger partial charge is 0.245 e. The van der Waals surface area contributed by atoms with Gasteiger partial charge in [-0.3, -0.25) is 9.48 Å². The minimum Gasteiger partial charge on any atom is -0.368 e. The summed E-state index contributed by atoms with van der Waals surface area (Å²) in [6, 6.07) is 9.70. The SMILES string of the molecule is C=CC(=O)N1CC2(CCN(c3cccc(-c4c(C)ccc5cnn(C)c45)c3F)C2)C1. The highest BCUT2D eigenvalue weighted by Gasteiger charge is 2.49. The maximum absolute atomic E-state index is 15.8. The van der Waals surface area contributed by atoms with Gasteiger partial charge >= 0.3 is 0 Å². The Morgan fingerprint density at radius 1 is 1.23 bits per heavy atom. The number of halogens is 1. The van der Waals surface area contributed by atoms with Gasteiger partial charge in [-0.25, -0.2) is 4.39 Å². The molecule has 5 nitrogen and oxygen atoms in total. The van der Waals surface area contributed by atoms with Gasteiger partial charge in [0, 0.05) is 55.2 Å². The summed E-state index contributed by atoms with van der Waals surface area (Å²) >= 11 is 0. The third-order valence-electron chi connectivity index (χ3n) is 6.68. The highest BCUT2D eigenvalue weighted by molar-refractivity contribution is 5.96. The number of rotatable bonds is 3. The first-order valence-electron chi connectivity index (χ1n) is 10.3. The molecule has 6 heteroatoms. The molecule has 0 aliphatic carbocycles. The van der Waals surface area contributed by atoms with Gasteiger partial charge in [0.2, 0.25) is 5.91 Å². The highest BCUT2D eigenvalue weighted by Crippen LogP contribution is 2.43. The average molecular weight is 404 g/mol. The van der Waals surface area contributed by atoms with Gasteiger partial charge in [-0.2, -0.15) is 5.10 Å². The number of carbonyl (C=O) groups excluding carboxylic acids is 1. The number of hydrogen-bond acceptors (Lipinski definition) is 3. The van der Waals surface area contributed by atoms with E-state index in [2.05, 4.69) is 16.6 Å². The first-order chi connectivity index (χ1) is 14.4. The number of hydrogen-bond donors (Lipinski definition) is 0. The number of aromatic nitrogens is 2. The van der Waals surface area contributed by atoms with Crippen molar-refractivity contribution in [2.45, 2.75) is 13.3 Å². The van der Waals surface area contributed by atoms with E-state index in [9.17, 15) is 4.79 Å². The van der Waals surface area contributed by atoms with Gasteiger partial charge in [-0.05, 0) is 31.1 Å². The Bertz CT molecular complexity index is 1180. The van der Waals surface area contributed by atoms with Crippen molar-refractivity contribution in [3.05, 3.63) is 60.6 Å². The Labute approximate surface area is 175 Å². The zero-order valence-corrected chi connectivity index (χ0v) is 17.4. The third kappa shape index (κ3) is 2.74. The molecule has 0 unspecified atom stereocenters. The molecule has 2 aromatic carbocycles. The first-order valence-corrected chi connectivity index (χ1v) is 10.3. The Kier molecular flexibility index (Phi) is 4.20. The Balaban J connectivity index is 1.49. The number of fused-ring (bicyclic) bond motifs is 1. The van der Waals surface area contributed by atoms with E-state index in [4.69, 9.17) is 0 Å². The average Bonchev–Trinajstić information content (AvgIpc) is 3.32. The molecule has 5 rings (SSSR count). The summed E-state index contributed by atoms with van der Waals surface area (Å²) in [6.45, 7) is 8.59. The monoisotopic (exact) mass is 404 g/mol. The molecule has 0 bridgehead atoms. The van der Waals surface area contributed by atoms with Crippen LogP contribution in [0.2, 0.25) is 0 Å². The second kappa shape index (κ2) is 6.69. The van der Waals surface area contributed by atoms with Crippen molar-refractivity contribution in [2.75, 3.05) is 31.1 Å². The van der Waals surface area contributed by atoms with Crippen LogP contribution in [0.3, 0.4) is 0 Å². The highest BCUT2D eigenvalue weighted by atomic mass is 19.1. The lowest BCUT2D eigenvalue weighted by atomic mass is 9.79. The maximum Gasteiger partial charge on any atom is 0.245 e. The molecule has 1 amide bonds. The van der Waals surface area contributed by atoms with Gasteiger partial charge in [-0.1, -0.05) is 30.8 Å². The largest absolute Gasteiger partial charge is 0.368 e. The van der Waals surface area contributed by atoms with Gasteiger partial charge in [0.1, 0.15) is 0 Å². The molecule has 30 heavy (non-hydrogen) atoms. The van der Waals surface area contributed by atoms with Gasteiger partial charge in [0.25, 0.3) is 0 Å². The lowest BCUT2D eigenvalue weighted by Crippen LogP contribution is -2.59. The van der Waals surface area contributed by atoms with Crippen LogP contribution in [0, 0.1) is 18.2 Å². The van der Waals surface area contributed by atoms with Crippen molar-refractivity contribution in [3.8, 4) is 11.1 Å². The molecule has 0 radical (unpaired) electrons. The molecule has 154 valence electrons. The molecule has 3 heterocycles. The predicted octanol–water partition coefficient (Wildman–Crippen LogP) is 3.91. The Hall–Kier alpha value is -3.15. The second-order valence-corrected chi connectivity index (χ2v) is 8.67. The zero-order chi connectivity index (χ0) is 21.0. The summed E-state index contributed by atoms with van der Waals surface area (Å²) in [7, 11) is 1.89. The number of anilines is 1. The van der Waals surface area contributed by atoms with Crippen LogP contribution in [0.25, 0.3) is 22.0 Å². The van der Waals surface area contributed by atoms with Crippen LogP contribution in [0.15, 0.2) is 49.2 Å². The summed E-state index contributed by atoms with van der Waals surface area (Å²) in [5.74, 6) is -0.211. The summed E-state index contributed by atoms with van der Waals surface area (Å²) in [5.41, 5.74) is 4.18. The minimum absolute atomic E-state index is 0.0213. The predicted molar refractivity (Wildman–Crippen MR) is 117 cm³/mol. The van der Waals surface area contributed by atoms with E-state index in [1.165, 1.54) is 6.08 Å². The van der Waals surface area contributed by atoms with Crippen molar-refractivity contribution >= 4 is 22.5 Å². The van der Waals surface area contributed by atoms with Crippen molar-refractivity contribution in [2.24, 2.45) is 12.5 Å². The van der Waals surface area contributed by atoms with Crippen molar-refractivity contribution in [1.82, 2.24) is 14.7 Å².